The molecule has 1 aromatic rings. The van der Waals surface area contributed by atoms with Crippen molar-refractivity contribution < 1.29 is 22.5 Å². The van der Waals surface area contributed by atoms with Gasteiger partial charge in [0.25, 0.3) is 0 Å². The Morgan fingerprint density at radius 1 is 1.29 bits per heavy atom. The molecule has 92 valence electrons. The van der Waals surface area contributed by atoms with Crippen LogP contribution in [-0.4, -0.2) is 12.9 Å². The Bertz CT molecular complexity index is 405. The van der Waals surface area contributed by atoms with Gasteiger partial charge in [0.15, 0.2) is 0 Å². The molecule has 0 heterocycles. The van der Waals surface area contributed by atoms with Crippen molar-refractivity contribution in [2.45, 2.75) is 18.8 Å². The predicted molar refractivity (Wildman–Crippen MR) is 57.2 cm³/mol. The molecule has 1 unspecified atom stereocenters. The van der Waals surface area contributed by atoms with Crippen LogP contribution in [0.25, 0.3) is 0 Å². The van der Waals surface area contributed by atoms with Crippen LogP contribution in [-0.2, 0) is 16.1 Å². The first-order chi connectivity index (χ1) is 7.98. The summed E-state index contributed by atoms with van der Waals surface area (Å²) in [6.07, 6.45) is -0.114. The van der Waals surface area contributed by atoms with Crippen molar-refractivity contribution in [1.82, 2.24) is 0 Å². The molecule has 17 heavy (non-hydrogen) atoms. The van der Waals surface area contributed by atoms with Gasteiger partial charge in [0, 0.05) is 5.92 Å². The third-order valence-electron chi connectivity index (χ3n) is 2.85. The Balaban J connectivity index is 1.80. The standard InChI is InChI=1S/C11H11BF3O2/c13-12(14,15)10-6-9(10)11(16)17-7-8-4-2-1-3-5-8/h1-5,9-10H,6-7H2/q-1/t9-,10?/m0/s1. The van der Waals surface area contributed by atoms with Crippen molar-refractivity contribution >= 4 is 12.9 Å². The number of halogens is 3. The molecule has 0 radical (unpaired) electrons. The zero-order valence-electron chi connectivity index (χ0n) is 8.98. The van der Waals surface area contributed by atoms with E-state index in [4.69, 9.17) is 4.74 Å². The Kier molecular flexibility index (Phi) is 3.13. The topological polar surface area (TPSA) is 26.3 Å². The van der Waals surface area contributed by atoms with Gasteiger partial charge in [-0.15, -0.1) is 0 Å². The van der Waals surface area contributed by atoms with Crippen LogP contribution in [0.3, 0.4) is 0 Å². The second kappa shape index (κ2) is 4.43. The van der Waals surface area contributed by atoms with Crippen LogP contribution < -0.4 is 0 Å². The van der Waals surface area contributed by atoms with Gasteiger partial charge in [-0.1, -0.05) is 42.6 Å². The molecule has 1 aliphatic carbocycles. The largest absolute Gasteiger partial charge is 0.482 e. The van der Waals surface area contributed by atoms with Crippen molar-refractivity contribution in [1.29, 1.82) is 0 Å². The summed E-state index contributed by atoms with van der Waals surface area (Å²) in [6, 6.07) is 8.88. The smallest absolute Gasteiger partial charge is 0.461 e. The van der Waals surface area contributed by atoms with Crippen LogP contribution in [0, 0.1) is 5.92 Å². The number of esters is 1. The Hall–Kier alpha value is -1.46. The number of benzene rings is 1. The predicted octanol–water partition coefficient (Wildman–Crippen LogP) is 2.97. The third kappa shape index (κ3) is 3.02. The Morgan fingerprint density at radius 2 is 1.94 bits per heavy atom. The van der Waals surface area contributed by atoms with Gasteiger partial charge in [-0.2, -0.15) is 0 Å². The molecule has 2 nitrogen and oxygen atoms in total. The van der Waals surface area contributed by atoms with E-state index in [0.717, 1.165) is 5.56 Å². The first-order valence-corrected chi connectivity index (χ1v) is 5.39. The lowest BCUT2D eigenvalue weighted by molar-refractivity contribution is -0.146. The molecule has 0 saturated heterocycles. The number of hydrogen-bond acceptors (Lipinski definition) is 2. The molecule has 0 aromatic heterocycles. The summed E-state index contributed by atoms with van der Waals surface area (Å²) >= 11 is 0. The highest BCUT2D eigenvalue weighted by Gasteiger charge is 2.54. The van der Waals surface area contributed by atoms with Crippen molar-refractivity contribution in [2.24, 2.45) is 5.92 Å². The van der Waals surface area contributed by atoms with Gasteiger partial charge in [-0.05, 0) is 5.56 Å². The molecular weight excluding hydrogens is 232 g/mol. The molecule has 0 N–H and O–H groups in total. The van der Waals surface area contributed by atoms with Crippen molar-refractivity contribution in [3.05, 3.63) is 35.9 Å². The van der Waals surface area contributed by atoms with E-state index in [1.807, 2.05) is 6.07 Å². The van der Waals surface area contributed by atoms with Gasteiger partial charge in [0.05, 0.1) is 0 Å². The van der Waals surface area contributed by atoms with Crippen LogP contribution in [0.2, 0.25) is 5.82 Å². The van der Waals surface area contributed by atoms with E-state index in [1.54, 1.807) is 24.3 Å². The summed E-state index contributed by atoms with van der Waals surface area (Å²) in [4.78, 5) is 11.3. The van der Waals surface area contributed by atoms with Gasteiger partial charge in [0.1, 0.15) is 6.61 Å². The number of carbonyl (C=O) groups is 1. The van der Waals surface area contributed by atoms with E-state index in [-0.39, 0.29) is 13.0 Å². The molecule has 1 aromatic carbocycles. The highest BCUT2D eigenvalue weighted by atomic mass is 19.4. The summed E-state index contributed by atoms with van der Waals surface area (Å²) in [7, 11) is 0. The van der Waals surface area contributed by atoms with Crippen LogP contribution in [0.15, 0.2) is 30.3 Å². The second-order valence-electron chi connectivity index (χ2n) is 4.22. The SMILES string of the molecule is O=C(OCc1ccccc1)[C@H]1CC1[B-](F)(F)F. The maximum Gasteiger partial charge on any atom is 0.482 e. The monoisotopic (exact) mass is 243 g/mol. The van der Waals surface area contributed by atoms with Crippen LogP contribution >= 0.6 is 0 Å². The van der Waals surface area contributed by atoms with Crippen molar-refractivity contribution in [3.63, 3.8) is 0 Å². The van der Waals surface area contributed by atoms with Crippen LogP contribution in [0.4, 0.5) is 12.9 Å². The fraction of sp³-hybridized carbons (Fsp3) is 0.364. The van der Waals surface area contributed by atoms with E-state index in [9.17, 15) is 17.7 Å². The lowest BCUT2D eigenvalue weighted by Gasteiger charge is -2.12. The fourth-order valence-electron chi connectivity index (χ4n) is 1.74. The van der Waals surface area contributed by atoms with Gasteiger partial charge < -0.3 is 17.7 Å². The van der Waals surface area contributed by atoms with E-state index in [0.29, 0.717) is 0 Å². The van der Waals surface area contributed by atoms with Gasteiger partial charge in [0.2, 0.25) is 0 Å². The average Bonchev–Trinajstić information content (AvgIpc) is 3.06. The minimum Gasteiger partial charge on any atom is -0.461 e. The highest BCUT2D eigenvalue weighted by molar-refractivity contribution is 6.61. The molecular formula is C11H11BF3O2-. The van der Waals surface area contributed by atoms with Crippen LogP contribution in [0.1, 0.15) is 12.0 Å². The number of rotatable bonds is 4. The first-order valence-electron chi connectivity index (χ1n) is 5.39. The van der Waals surface area contributed by atoms with Gasteiger partial charge in [-0.3, -0.25) is 4.79 Å². The van der Waals surface area contributed by atoms with E-state index < -0.39 is 24.7 Å². The molecule has 2 rings (SSSR count). The van der Waals surface area contributed by atoms with Crippen molar-refractivity contribution in [2.75, 3.05) is 0 Å². The van der Waals surface area contributed by atoms with Crippen molar-refractivity contribution in [3.8, 4) is 0 Å². The molecule has 2 atom stereocenters. The first kappa shape index (κ1) is 12.0. The average molecular weight is 243 g/mol. The number of carbonyl (C=O) groups excluding carboxylic acids is 1. The molecule has 1 fully saturated rings. The quantitative estimate of drug-likeness (QED) is 0.600. The molecule has 0 amide bonds. The summed E-state index contributed by atoms with van der Waals surface area (Å²) in [5.74, 6) is -3.16. The zero-order chi connectivity index (χ0) is 12.5. The lowest BCUT2D eigenvalue weighted by atomic mass is 9.82. The minimum absolute atomic E-state index is 0.0355. The van der Waals surface area contributed by atoms with Gasteiger partial charge in [-0.25, -0.2) is 0 Å². The van der Waals surface area contributed by atoms with Gasteiger partial charge >= 0.3 is 12.9 Å². The maximum atomic E-state index is 12.3. The summed E-state index contributed by atoms with van der Waals surface area (Å²) in [5, 5.41) is 0. The molecule has 6 heteroatoms. The maximum absolute atomic E-state index is 12.3. The third-order valence-corrected chi connectivity index (χ3v) is 2.85. The highest BCUT2D eigenvalue weighted by Crippen LogP contribution is 2.53. The fourth-order valence-corrected chi connectivity index (χ4v) is 1.74. The Labute approximate surface area is 96.8 Å². The molecule has 0 bridgehead atoms. The lowest BCUT2D eigenvalue weighted by Crippen LogP contribution is -2.18. The summed E-state index contributed by atoms with van der Waals surface area (Å²) in [5.41, 5.74) is 0.774. The summed E-state index contributed by atoms with van der Waals surface area (Å²) < 4.78 is 41.7. The second-order valence-corrected chi connectivity index (χ2v) is 4.22. The van der Waals surface area contributed by atoms with E-state index in [2.05, 4.69) is 0 Å². The van der Waals surface area contributed by atoms with E-state index in [1.165, 1.54) is 0 Å². The molecule has 0 aliphatic heterocycles. The minimum atomic E-state index is -4.90. The molecule has 1 saturated carbocycles. The summed E-state index contributed by atoms with van der Waals surface area (Å²) in [6.45, 7) is -4.87. The van der Waals surface area contributed by atoms with E-state index >= 15 is 0 Å². The van der Waals surface area contributed by atoms with Crippen LogP contribution in [0.5, 0.6) is 0 Å². The zero-order valence-corrected chi connectivity index (χ0v) is 8.98. The Morgan fingerprint density at radius 3 is 2.47 bits per heavy atom. The number of ether oxygens (including phenoxy) is 1. The molecule has 0 spiro atoms. The number of hydrogen-bond donors (Lipinski definition) is 0. The normalized spacial score (nSPS) is 23.2. The molecule has 1 aliphatic rings.